The van der Waals surface area contributed by atoms with Gasteiger partial charge in [-0.15, -0.1) is 0 Å². The molecule has 0 atom stereocenters. The molecule has 0 aliphatic heterocycles. The first kappa shape index (κ1) is 43.3. The molecule has 9 aromatic carbocycles. The van der Waals surface area contributed by atoms with Gasteiger partial charge in [0.15, 0.2) is 11.6 Å². The molecular weight excluding hydrogens is 960 g/mol. The molecule has 0 amide bonds. The number of benzene rings is 9. The van der Waals surface area contributed by atoms with Crippen molar-refractivity contribution in [1.29, 1.82) is 0 Å². The van der Waals surface area contributed by atoms with Crippen LogP contribution in [0.1, 0.15) is 31.8 Å². The SMILES string of the molecule is O=C(c1ccc(Oc2ccc(Oc3ccc(Oc4ccc(Oc5ccc(Oc6ccccc6)cc5)cc4)cc3)cc2)cc1)c1ccc(Oc2ccc(C(=O)c3cc(Br)ccc3Br)cc2)cc1. The smallest absolute Gasteiger partial charge is 0.194 e. The number of para-hydroxylation sites is 1. The third-order valence-corrected chi connectivity index (χ3v) is 11.2. The van der Waals surface area contributed by atoms with Gasteiger partial charge in [0.1, 0.15) is 69.0 Å². The summed E-state index contributed by atoms with van der Waals surface area (Å²) in [7, 11) is 0. The lowest BCUT2D eigenvalue weighted by atomic mass is 10.0. The van der Waals surface area contributed by atoms with Gasteiger partial charge in [-0.3, -0.25) is 9.59 Å². The van der Waals surface area contributed by atoms with E-state index in [2.05, 4.69) is 31.9 Å². The molecule has 0 aliphatic carbocycles. The molecule has 0 unspecified atom stereocenters. The average Bonchev–Trinajstić information content (AvgIpc) is 3.35. The second-order valence-corrected chi connectivity index (χ2v) is 16.4. The molecule has 0 heterocycles. The van der Waals surface area contributed by atoms with Crippen LogP contribution in [0.15, 0.2) is 227 Å². The summed E-state index contributed by atoms with van der Waals surface area (Å²) in [5.74, 6) is 7.56. The van der Waals surface area contributed by atoms with Crippen LogP contribution < -0.4 is 28.4 Å². The Morgan fingerprint density at radius 2 is 0.515 bits per heavy atom. The second-order valence-electron chi connectivity index (χ2n) is 14.7. The van der Waals surface area contributed by atoms with Gasteiger partial charge >= 0.3 is 0 Å². The van der Waals surface area contributed by atoms with Crippen LogP contribution in [-0.4, -0.2) is 11.6 Å². The molecule has 0 radical (unpaired) electrons. The van der Waals surface area contributed by atoms with Crippen molar-refractivity contribution in [3.8, 4) is 69.0 Å². The van der Waals surface area contributed by atoms with Gasteiger partial charge in [0.05, 0.1) is 0 Å². The van der Waals surface area contributed by atoms with Crippen LogP contribution in [0.4, 0.5) is 0 Å². The van der Waals surface area contributed by atoms with E-state index in [1.165, 1.54) is 0 Å². The Morgan fingerprint density at radius 3 is 0.803 bits per heavy atom. The van der Waals surface area contributed by atoms with Gasteiger partial charge in [-0.05, 0) is 200 Å². The molecule has 9 aromatic rings. The number of halogens is 2. The van der Waals surface area contributed by atoms with E-state index in [4.69, 9.17) is 28.4 Å². The first-order valence-corrected chi connectivity index (χ1v) is 22.2. The third kappa shape index (κ3) is 11.2. The Kier molecular flexibility index (Phi) is 13.3. The van der Waals surface area contributed by atoms with Crippen LogP contribution in [-0.2, 0) is 0 Å². The maximum absolute atomic E-state index is 13.3. The predicted octanol–water partition coefficient (Wildman–Crippen LogP) is 16.4. The largest absolute Gasteiger partial charge is 0.457 e. The average molecular weight is 997 g/mol. The van der Waals surface area contributed by atoms with E-state index in [-0.39, 0.29) is 11.6 Å². The molecule has 0 bridgehead atoms. The Balaban J connectivity index is 0.720. The Hall–Kier alpha value is -7.92. The summed E-state index contributed by atoms with van der Waals surface area (Å²) in [6, 6.07) is 65.4. The minimum Gasteiger partial charge on any atom is -0.457 e. The molecule has 66 heavy (non-hydrogen) atoms. The lowest BCUT2D eigenvalue weighted by Gasteiger charge is -2.11. The van der Waals surface area contributed by atoms with E-state index in [0.717, 1.165) is 20.4 Å². The monoisotopic (exact) mass is 994 g/mol. The van der Waals surface area contributed by atoms with Gasteiger partial charge < -0.3 is 28.4 Å². The molecule has 0 fully saturated rings. The van der Waals surface area contributed by atoms with Crippen LogP contribution in [0.3, 0.4) is 0 Å². The summed E-state index contributed by atoms with van der Waals surface area (Å²) in [6.45, 7) is 0. The highest BCUT2D eigenvalue weighted by Gasteiger charge is 2.15. The van der Waals surface area contributed by atoms with Crippen LogP contribution in [0, 0.1) is 0 Å². The maximum atomic E-state index is 13.3. The minimum atomic E-state index is -0.135. The number of rotatable bonds is 16. The lowest BCUT2D eigenvalue weighted by molar-refractivity contribution is 0.103. The Bertz CT molecular complexity index is 3070. The predicted molar refractivity (Wildman–Crippen MR) is 261 cm³/mol. The molecule has 0 N–H and O–H groups in total. The van der Waals surface area contributed by atoms with E-state index >= 15 is 0 Å². The Morgan fingerprint density at radius 1 is 0.273 bits per heavy atom. The minimum absolute atomic E-state index is 0.106. The number of hydrogen-bond acceptors (Lipinski definition) is 8. The van der Waals surface area contributed by atoms with Crippen molar-refractivity contribution in [1.82, 2.24) is 0 Å². The van der Waals surface area contributed by atoms with Crippen molar-refractivity contribution in [3.63, 3.8) is 0 Å². The zero-order valence-electron chi connectivity index (χ0n) is 34.8. The molecule has 0 saturated heterocycles. The van der Waals surface area contributed by atoms with E-state index in [1.54, 1.807) is 78.9 Å². The summed E-state index contributed by atoms with van der Waals surface area (Å²) in [4.78, 5) is 26.3. The molecule has 8 nitrogen and oxygen atoms in total. The molecule has 10 heteroatoms. The maximum Gasteiger partial charge on any atom is 0.194 e. The fourth-order valence-electron chi connectivity index (χ4n) is 6.62. The molecule has 0 spiro atoms. The molecule has 322 valence electrons. The lowest BCUT2D eigenvalue weighted by Crippen LogP contribution is -2.02. The van der Waals surface area contributed by atoms with E-state index in [9.17, 15) is 9.59 Å². The van der Waals surface area contributed by atoms with Crippen molar-refractivity contribution in [3.05, 3.63) is 250 Å². The van der Waals surface area contributed by atoms with Gasteiger partial charge in [0.2, 0.25) is 0 Å². The number of carbonyl (C=O) groups excluding carboxylic acids is 2. The van der Waals surface area contributed by atoms with Crippen LogP contribution in [0.25, 0.3) is 0 Å². The quantitative estimate of drug-likeness (QED) is 0.0885. The molecule has 9 rings (SSSR count). The molecule has 0 saturated carbocycles. The van der Waals surface area contributed by atoms with E-state index < -0.39 is 0 Å². The number of carbonyl (C=O) groups is 2. The zero-order chi connectivity index (χ0) is 45.2. The van der Waals surface area contributed by atoms with E-state index in [1.807, 2.05) is 140 Å². The number of ether oxygens (including phenoxy) is 6. The van der Waals surface area contributed by atoms with Crippen molar-refractivity contribution >= 4 is 43.4 Å². The van der Waals surface area contributed by atoms with E-state index in [0.29, 0.717) is 79.7 Å². The first-order chi connectivity index (χ1) is 32.3. The highest BCUT2D eigenvalue weighted by Crippen LogP contribution is 2.33. The normalized spacial score (nSPS) is 10.7. The van der Waals surface area contributed by atoms with Gasteiger partial charge in [-0.2, -0.15) is 0 Å². The topological polar surface area (TPSA) is 89.5 Å². The van der Waals surface area contributed by atoms with Gasteiger partial charge in [0, 0.05) is 31.2 Å². The third-order valence-electron chi connectivity index (χ3n) is 9.97. The van der Waals surface area contributed by atoms with Crippen molar-refractivity contribution in [2.75, 3.05) is 0 Å². The van der Waals surface area contributed by atoms with Crippen LogP contribution >= 0.6 is 31.9 Å². The number of hydrogen-bond donors (Lipinski definition) is 0. The fourth-order valence-corrected chi connectivity index (χ4v) is 7.41. The van der Waals surface area contributed by atoms with Gasteiger partial charge in [0.25, 0.3) is 0 Å². The summed E-state index contributed by atoms with van der Waals surface area (Å²) in [6.07, 6.45) is 0. The first-order valence-electron chi connectivity index (χ1n) is 20.6. The fraction of sp³-hybridized carbons (Fsp3) is 0. The second kappa shape index (κ2) is 20.3. The molecular formula is C56H36Br2O8. The summed E-state index contributed by atoms with van der Waals surface area (Å²) < 4.78 is 37.5. The summed E-state index contributed by atoms with van der Waals surface area (Å²) in [5, 5.41) is 0. The van der Waals surface area contributed by atoms with Gasteiger partial charge in [-0.25, -0.2) is 0 Å². The van der Waals surface area contributed by atoms with Crippen molar-refractivity contribution < 1.29 is 38.0 Å². The summed E-state index contributed by atoms with van der Waals surface area (Å²) in [5.41, 5.74) is 2.13. The standard InChI is InChI=1S/C56H36Br2O8/c57-40-12-35-54(58)53(36-40)56(60)39-10-17-44(18-11-39)62-42-13-6-37(7-14-42)55(59)38-8-15-43(16-9-38)63-46-23-25-48(26-24-46)65-50-31-33-52(34-32-50)66-51-29-27-49(28-30-51)64-47-21-19-45(20-22-47)61-41-4-2-1-3-5-41/h1-36H. The highest BCUT2D eigenvalue weighted by molar-refractivity contribution is 9.11. The van der Waals surface area contributed by atoms with Gasteiger partial charge in [-0.1, -0.05) is 50.1 Å². The van der Waals surface area contributed by atoms with Crippen LogP contribution in [0.2, 0.25) is 0 Å². The highest BCUT2D eigenvalue weighted by atomic mass is 79.9. The number of ketones is 2. The van der Waals surface area contributed by atoms with Crippen LogP contribution in [0.5, 0.6) is 69.0 Å². The zero-order valence-corrected chi connectivity index (χ0v) is 38.0. The summed E-state index contributed by atoms with van der Waals surface area (Å²) >= 11 is 6.88. The van der Waals surface area contributed by atoms with Crippen molar-refractivity contribution in [2.24, 2.45) is 0 Å². The van der Waals surface area contributed by atoms with Crippen molar-refractivity contribution in [2.45, 2.75) is 0 Å². The molecule has 0 aromatic heterocycles. The Labute approximate surface area is 397 Å². The molecule has 0 aliphatic rings.